The van der Waals surface area contributed by atoms with Crippen molar-refractivity contribution in [1.29, 1.82) is 0 Å². The number of aliphatic hydroxyl groups excluding tert-OH is 1. The molecular weight excluding hydrogens is 182 g/mol. The Kier molecular flexibility index (Phi) is 4.31. The molecule has 0 aromatic rings. The Balaban J connectivity index is 2.17. The molecule has 5 nitrogen and oxygen atoms in total. The molecule has 1 saturated heterocycles. The van der Waals surface area contributed by atoms with Gasteiger partial charge in [0.2, 0.25) is 5.91 Å². The highest BCUT2D eigenvalue weighted by molar-refractivity contribution is 5.80. The topological polar surface area (TPSA) is 78.6 Å². The van der Waals surface area contributed by atoms with E-state index in [2.05, 4.69) is 17.3 Å². The van der Waals surface area contributed by atoms with Gasteiger partial charge in [-0.05, 0) is 25.9 Å². The molecule has 0 spiro atoms. The van der Waals surface area contributed by atoms with Crippen LogP contribution in [0, 0.1) is 5.92 Å². The van der Waals surface area contributed by atoms with E-state index in [1.54, 1.807) is 0 Å². The number of carbonyl (C=O) groups is 1. The van der Waals surface area contributed by atoms with Crippen LogP contribution in [0.25, 0.3) is 0 Å². The number of carbonyl (C=O) groups excluding carboxylic acids is 1. The van der Waals surface area contributed by atoms with Gasteiger partial charge in [0.05, 0.1) is 0 Å². The van der Waals surface area contributed by atoms with E-state index in [9.17, 15) is 4.79 Å². The molecule has 0 bridgehead atoms. The molecule has 5 heteroatoms. The summed E-state index contributed by atoms with van der Waals surface area (Å²) in [5.74, 6) is 0.149. The van der Waals surface area contributed by atoms with Crippen molar-refractivity contribution in [3.63, 3.8) is 0 Å². The Hall–Kier alpha value is -0.650. The van der Waals surface area contributed by atoms with Crippen molar-refractivity contribution in [3.05, 3.63) is 0 Å². The molecule has 2 unspecified atom stereocenters. The normalized spacial score (nSPS) is 24.9. The number of aliphatic hydroxyl groups is 1. The van der Waals surface area contributed by atoms with Crippen LogP contribution in [0.5, 0.6) is 0 Å². The smallest absolute Gasteiger partial charge is 0.250 e. The Morgan fingerprint density at radius 3 is 3.00 bits per heavy atom. The number of nitrogens with one attached hydrogen (secondary N) is 1. The fraction of sp³-hybridized carbons (Fsp3) is 0.889. The number of likely N-dealkylation sites (tertiary alicyclic amines) is 1. The molecule has 1 heterocycles. The second kappa shape index (κ2) is 5.29. The lowest BCUT2D eigenvalue weighted by molar-refractivity contribution is -0.128. The predicted octanol–water partition coefficient (Wildman–Crippen LogP) is -1.63. The van der Waals surface area contributed by atoms with Gasteiger partial charge in [-0.25, -0.2) is 0 Å². The molecule has 0 saturated carbocycles. The molecule has 1 aliphatic rings. The SMILES string of the molecule is CN1CCC(CNC(=O)C(O)CN)C1. The fourth-order valence-electron chi connectivity index (χ4n) is 1.66. The molecule has 1 aliphatic heterocycles. The zero-order valence-corrected chi connectivity index (χ0v) is 8.57. The minimum Gasteiger partial charge on any atom is -0.382 e. The van der Waals surface area contributed by atoms with Gasteiger partial charge in [-0.2, -0.15) is 0 Å². The lowest BCUT2D eigenvalue weighted by Gasteiger charge is -2.13. The number of nitrogens with zero attached hydrogens (tertiary/aromatic N) is 1. The summed E-state index contributed by atoms with van der Waals surface area (Å²) in [6.07, 6.45) is 0.0457. The van der Waals surface area contributed by atoms with Crippen LogP contribution >= 0.6 is 0 Å². The van der Waals surface area contributed by atoms with Gasteiger partial charge in [0.15, 0.2) is 0 Å². The van der Waals surface area contributed by atoms with Crippen molar-refractivity contribution < 1.29 is 9.90 Å². The van der Waals surface area contributed by atoms with E-state index >= 15 is 0 Å². The minimum atomic E-state index is -1.06. The van der Waals surface area contributed by atoms with E-state index in [-0.39, 0.29) is 12.5 Å². The van der Waals surface area contributed by atoms with Crippen LogP contribution in [-0.2, 0) is 4.79 Å². The highest BCUT2D eigenvalue weighted by Crippen LogP contribution is 2.12. The highest BCUT2D eigenvalue weighted by atomic mass is 16.3. The Labute approximate surface area is 84.3 Å². The van der Waals surface area contributed by atoms with Gasteiger partial charge in [0.1, 0.15) is 6.10 Å². The van der Waals surface area contributed by atoms with Crippen molar-refractivity contribution in [2.24, 2.45) is 11.7 Å². The van der Waals surface area contributed by atoms with Crippen molar-refractivity contribution >= 4 is 5.91 Å². The minimum absolute atomic E-state index is 0.0175. The molecule has 4 N–H and O–H groups in total. The monoisotopic (exact) mass is 201 g/mol. The molecule has 0 aliphatic carbocycles. The third-order valence-corrected chi connectivity index (χ3v) is 2.58. The number of rotatable bonds is 4. The second-order valence-corrected chi connectivity index (χ2v) is 3.91. The van der Waals surface area contributed by atoms with E-state index in [4.69, 9.17) is 10.8 Å². The number of nitrogens with two attached hydrogens (primary N) is 1. The molecule has 1 rings (SSSR count). The van der Waals surface area contributed by atoms with E-state index in [0.29, 0.717) is 12.5 Å². The molecular formula is C9H19N3O2. The van der Waals surface area contributed by atoms with Crippen LogP contribution < -0.4 is 11.1 Å². The average molecular weight is 201 g/mol. The molecule has 1 fully saturated rings. The molecule has 1 amide bonds. The summed E-state index contributed by atoms with van der Waals surface area (Å²) >= 11 is 0. The van der Waals surface area contributed by atoms with E-state index in [1.807, 2.05) is 0 Å². The first-order chi connectivity index (χ1) is 6.63. The van der Waals surface area contributed by atoms with Crippen LogP contribution in [-0.4, -0.2) is 55.2 Å². The van der Waals surface area contributed by atoms with E-state index < -0.39 is 6.10 Å². The summed E-state index contributed by atoms with van der Waals surface area (Å²) in [7, 11) is 2.07. The zero-order chi connectivity index (χ0) is 10.6. The van der Waals surface area contributed by atoms with Gasteiger partial charge in [0.25, 0.3) is 0 Å². The summed E-state index contributed by atoms with van der Waals surface area (Å²) in [6.45, 7) is 2.72. The van der Waals surface area contributed by atoms with Crippen molar-refractivity contribution in [1.82, 2.24) is 10.2 Å². The first-order valence-corrected chi connectivity index (χ1v) is 4.98. The van der Waals surface area contributed by atoms with Crippen LogP contribution in [0.3, 0.4) is 0 Å². The largest absolute Gasteiger partial charge is 0.382 e. The van der Waals surface area contributed by atoms with Crippen molar-refractivity contribution in [2.75, 3.05) is 33.2 Å². The van der Waals surface area contributed by atoms with Gasteiger partial charge < -0.3 is 21.1 Å². The molecule has 14 heavy (non-hydrogen) atoms. The lowest BCUT2D eigenvalue weighted by atomic mass is 10.1. The predicted molar refractivity (Wildman–Crippen MR) is 53.7 cm³/mol. The number of amides is 1. The molecule has 0 radical (unpaired) electrons. The van der Waals surface area contributed by atoms with Crippen LogP contribution in [0.1, 0.15) is 6.42 Å². The first kappa shape index (κ1) is 11.4. The van der Waals surface area contributed by atoms with Crippen molar-refractivity contribution in [2.45, 2.75) is 12.5 Å². The van der Waals surface area contributed by atoms with Gasteiger partial charge in [0, 0.05) is 19.6 Å². The first-order valence-electron chi connectivity index (χ1n) is 4.98. The maximum absolute atomic E-state index is 11.2. The number of hydrogen-bond acceptors (Lipinski definition) is 4. The quantitative estimate of drug-likeness (QED) is 0.510. The van der Waals surface area contributed by atoms with Crippen LogP contribution in [0.15, 0.2) is 0 Å². The van der Waals surface area contributed by atoms with Crippen molar-refractivity contribution in [3.8, 4) is 0 Å². The number of hydrogen-bond donors (Lipinski definition) is 3. The highest BCUT2D eigenvalue weighted by Gasteiger charge is 2.21. The zero-order valence-electron chi connectivity index (χ0n) is 8.57. The Morgan fingerprint density at radius 1 is 1.79 bits per heavy atom. The third kappa shape index (κ3) is 3.25. The van der Waals surface area contributed by atoms with Gasteiger partial charge in [-0.3, -0.25) is 4.79 Å². The summed E-state index contributed by atoms with van der Waals surface area (Å²) in [5.41, 5.74) is 5.16. The standard InChI is InChI=1S/C9H19N3O2/c1-12-3-2-7(6-12)5-11-9(14)8(13)4-10/h7-8,13H,2-6,10H2,1H3,(H,11,14). The third-order valence-electron chi connectivity index (χ3n) is 2.58. The lowest BCUT2D eigenvalue weighted by Crippen LogP contribution is -2.41. The Bertz CT molecular complexity index is 198. The summed E-state index contributed by atoms with van der Waals surface area (Å²) in [6, 6.07) is 0. The summed E-state index contributed by atoms with van der Waals surface area (Å²) < 4.78 is 0. The summed E-state index contributed by atoms with van der Waals surface area (Å²) in [5, 5.41) is 11.8. The second-order valence-electron chi connectivity index (χ2n) is 3.91. The fourth-order valence-corrected chi connectivity index (χ4v) is 1.66. The molecule has 0 aromatic carbocycles. The maximum atomic E-state index is 11.2. The van der Waals surface area contributed by atoms with Gasteiger partial charge in [-0.1, -0.05) is 0 Å². The maximum Gasteiger partial charge on any atom is 0.250 e. The summed E-state index contributed by atoms with van der Waals surface area (Å²) in [4.78, 5) is 13.4. The Morgan fingerprint density at radius 2 is 2.50 bits per heavy atom. The van der Waals surface area contributed by atoms with E-state index in [1.165, 1.54) is 0 Å². The van der Waals surface area contributed by atoms with Gasteiger partial charge in [-0.15, -0.1) is 0 Å². The molecule has 82 valence electrons. The molecule has 0 aromatic heterocycles. The molecule has 2 atom stereocenters. The van der Waals surface area contributed by atoms with Gasteiger partial charge >= 0.3 is 0 Å². The average Bonchev–Trinajstić information content (AvgIpc) is 2.59. The van der Waals surface area contributed by atoms with Crippen LogP contribution in [0.4, 0.5) is 0 Å². The van der Waals surface area contributed by atoms with E-state index in [0.717, 1.165) is 19.5 Å². The van der Waals surface area contributed by atoms with Crippen LogP contribution in [0.2, 0.25) is 0 Å².